The molecule has 106 valence electrons. The summed E-state index contributed by atoms with van der Waals surface area (Å²) in [6, 6.07) is 6.19. The molecule has 0 radical (unpaired) electrons. The molecule has 1 aromatic carbocycles. The molecule has 2 N–H and O–H groups in total. The lowest BCUT2D eigenvalue weighted by Gasteiger charge is -2.10. The summed E-state index contributed by atoms with van der Waals surface area (Å²) in [7, 11) is 0. The number of benzene rings is 1. The summed E-state index contributed by atoms with van der Waals surface area (Å²) in [6.07, 6.45) is 0. The zero-order chi connectivity index (χ0) is 14.9. The Kier molecular flexibility index (Phi) is 4.83. The molecule has 0 spiro atoms. The molecule has 0 saturated carbocycles. The van der Waals surface area contributed by atoms with Crippen molar-refractivity contribution in [1.29, 1.82) is 0 Å². The molecule has 0 aliphatic rings. The van der Waals surface area contributed by atoms with Gasteiger partial charge in [-0.25, -0.2) is 9.97 Å². The van der Waals surface area contributed by atoms with Gasteiger partial charge < -0.3 is 5.73 Å². The number of hydrogen-bond acceptors (Lipinski definition) is 4. The van der Waals surface area contributed by atoms with Crippen LogP contribution in [0.4, 0.5) is 0 Å². The van der Waals surface area contributed by atoms with E-state index < -0.39 is 0 Å². The molecule has 1 aromatic heterocycles. The van der Waals surface area contributed by atoms with Crippen LogP contribution in [0.25, 0.3) is 0 Å². The maximum Gasteiger partial charge on any atom is 0.192 e. The Labute approximate surface area is 132 Å². The topological polar surface area (TPSA) is 51.8 Å². The monoisotopic (exact) mass is 351 g/mol. The molecular weight excluding hydrogens is 334 g/mol. The third-order valence-corrected chi connectivity index (χ3v) is 5.15. The van der Waals surface area contributed by atoms with Gasteiger partial charge >= 0.3 is 0 Å². The normalized spacial score (nSPS) is 12.5. The van der Waals surface area contributed by atoms with Gasteiger partial charge in [0.15, 0.2) is 5.16 Å². The van der Waals surface area contributed by atoms with Gasteiger partial charge in [-0.05, 0) is 78.6 Å². The fraction of sp³-hybridized carbons (Fsp3) is 0.333. The number of nitrogens with zero attached hydrogens (tertiary/aromatic N) is 2. The van der Waals surface area contributed by atoms with Crippen LogP contribution in [0.15, 0.2) is 32.7 Å². The summed E-state index contributed by atoms with van der Waals surface area (Å²) < 4.78 is 1.02. The minimum Gasteiger partial charge on any atom is -0.324 e. The Morgan fingerprint density at radius 3 is 2.25 bits per heavy atom. The summed E-state index contributed by atoms with van der Waals surface area (Å²) in [5.41, 5.74) is 10.2. The summed E-state index contributed by atoms with van der Waals surface area (Å²) in [5, 5.41) is 0.778. The van der Waals surface area contributed by atoms with E-state index in [1.807, 2.05) is 33.8 Å². The van der Waals surface area contributed by atoms with Crippen LogP contribution in [0.2, 0.25) is 0 Å². The van der Waals surface area contributed by atoms with Crippen LogP contribution in [0.1, 0.15) is 35.5 Å². The van der Waals surface area contributed by atoms with Crippen molar-refractivity contribution in [1.82, 2.24) is 9.97 Å². The van der Waals surface area contributed by atoms with Crippen LogP contribution < -0.4 is 5.73 Å². The molecule has 0 unspecified atom stereocenters. The minimum absolute atomic E-state index is 0.0328. The van der Waals surface area contributed by atoms with E-state index in [0.717, 1.165) is 37.0 Å². The second-order valence-corrected chi connectivity index (χ2v) is 6.75. The Hall–Kier alpha value is -0.910. The van der Waals surface area contributed by atoms with Crippen LogP contribution in [-0.2, 0) is 0 Å². The maximum atomic E-state index is 5.89. The SMILES string of the molecule is Cc1nc(Sc2ccc([C@@H](C)N)cc2Br)nc(C)c1C. The van der Waals surface area contributed by atoms with E-state index >= 15 is 0 Å². The third-order valence-electron chi connectivity index (χ3n) is 3.30. The molecule has 20 heavy (non-hydrogen) atoms. The average molecular weight is 352 g/mol. The molecule has 0 fully saturated rings. The number of rotatable bonds is 3. The highest BCUT2D eigenvalue weighted by atomic mass is 79.9. The summed E-state index contributed by atoms with van der Waals surface area (Å²) in [5.74, 6) is 0. The van der Waals surface area contributed by atoms with E-state index in [4.69, 9.17) is 5.73 Å². The highest BCUT2D eigenvalue weighted by Gasteiger charge is 2.10. The van der Waals surface area contributed by atoms with Crippen molar-refractivity contribution in [3.8, 4) is 0 Å². The van der Waals surface area contributed by atoms with Crippen LogP contribution >= 0.6 is 27.7 Å². The Morgan fingerprint density at radius 2 is 1.75 bits per heavy atom. The van der Waals surface area contributed by atoms with E-state index in [-0.39, 0.29) is 6.04 Å². The zero-order valence-electron chi connectivity index (χ0n) is 12.1. The fourth-order valence-electron chi connectivity index (χ4n) is 1.77. The van der Waals surface area contributed by atoms with E-state index in [9.17, 15) is 0 Å². The lowest BCUT2D eigenvalue weighted by molar-refractivity contribution is 0.815. The molecule has 5 heteroatoms. The first-order valence-corrected chi connectivity index (χ1v) is 8.04. The molecule has 0 aliphatic carbocycles. The van der Waals surface area contributed by atoms with Gasteiger partial charge in [-0.15, -0.1) is 0 Å². The van der Waals surface area contributed by atoms with Crippen molar-refractivity contribution in [2.45, 2.75) is 43.8 Å². The van der Waals surface area contributed by atoms with Gasteiger partial charge in [0.2, 0.25) is 0 Å². The van der Waals surface area contributed by atoms with Gasteiger partial charge in [-0.2, -0.15) is 0 Å². The van der Waals surface area contributed by atoms with E-state index in [1.54, 1.807) is 11.8 Å². The van der Waals surface area contributed by atoms with Crippen molar-refractivity contribution in [3.63, 3.8) is 0 Å². The van der Waals surface area contributed by atoms with Gasteiger partial charge in [0.1, 0.15) is 0 Å². The van der Waals surface area contributed by atoms with Gasteiger partial charge in [0.05, 0.1) is 0 Å². The number of aryl methyl sites for hydroxylation is 2. The van der Waals surface area contributed by atoms with Gasteiger partial charge in [-0.3, -0.25) is 0 Å². The lowest BCUT2D eigenvalue weighted by Crippen LogP contribution is -2.04. The Morgan fingerprint density at radius 1 is 1.15 bits per heavy atom. The summed E-state index contributed by atoms with van der Waals surface area (Å²) in [4.78, 5) is 10.2. The molecule has 0 aliphatic heterocycles. The number of aromatic nitrogens is 2. The van der Waals surface area contributed by atoms with E-state index in [1.165, 1.54) is 0 Å². The Bertz CT molecular complexity index is 618. The quantitative estimate of drug-likeness (QED) is 0.835. The highest BCUT2D eigenvalue weighted by Crippen LogP contribution is 2.33. The predicted molar refractivity (Wildman–Crippen MR) is 87.1 cm³/mol. The number of hydrogen-bond donors (Lipinski definition) is 1. The molecular formula is C15H18BrN3S. The molecule has 3 nitrogen and oxygen atoms in total. The molecule has 1 atom stereocenters. The first-order chi connectivity index (χ1) is 9.38. The summed E-state index contributed by atoms with van der Waals surface area (Å²) >= 11 is 5.15. The van der Waals surface area contributed by atoms with Crippen molar-refractivity contribution < 1.29 is 0 Å². The highest BCUT2D eigenvalue weighted by molar-refractivity contribution is 9.10. The molecule has 0 saturated heterocycles. The smallest absolute Gasteiger partial charge is 0.192 e. The number of halogens is 1. The van der Waals surface area contributed by atoms with Crippen LogP contribution in [0, 0.1) is 20.8 Å². The molecule has 0 amide bonds. The second-order valence-electron chi connectivity index (χ2n) is 4.88. The van der Waals surface area contributed by atoms with Crippen LogP contribution in [0.3, 0.4) is 0 Å². The van der Waals surface area contributed by atoms with Gasteiger partial charge in [0, 0.05) is 26.8 Å². The zero-order valence-corrected chi connectivity index (χ0v) is 14.5. The van der Waals surface area contributed by atoms with E-state index in [2.05, 4.69) is 38.0 Å². The fourth-order valence-corrected chi connectivity index (χ4v) is 3.26. The van der Waals surface area contributed by atoms with Crippen molar-refractivity contribution >= 4 is 27.7 Å². The maximum absolute atomic E-state index is 5.89. The average Bonchev–Trinajstić information content (AvgIpc) is 2.38. The van der Waals surface area contributed by atoms with Gasteiger partial charge in [0.25, 0.3) is 0 Å². The predicted octanol–water partition coefficient (Wildman–Crippen LogP) is 4.34. The van der Waals surface area contributed by atoms with Crippen molar-refractivity contribution in [2.75, 3.05) is 0 Å². The van der Waals surface area contributed by atoms with Crippen molar-refractivity contribution in [2.24, 2.45) is 5.73 Å². The van der Waals surface area contributed by atoms with Crippen molar-refractivity contribution in [3.05, 3.63) is 45.2 Å². The Balaban J connectivity index is 2.31. The molecule has 1 heterocycles. The summed E-state index contributed by atoms with van der Waals surface area (Å²) in [6.45, 7) is 8.06. The minimum atomic E-state index is 0.0328. The third kappa shape index (κ3) is 3.40. The molecule has 2 aromatic rings. The molecule has 2 rings (SSSR count). The van der Waals surface area contributed by atoms with Crippen LogP contribution in [0.5, 0.6) is 0 Å². The van der Waals surface area contributed by atoms with E-state index in [0.29, 0.717) is 0 Å². The first-order valence-electron chi connectivity index (χ1n) is 6.43. The largest absolute Gasteiger partial charge is 0.324 e. The lowest BCUT2D eigenvalue weighted by atomic mass is 10.1. The molecule has 0 bridgehead atoms. The second kappa shape index (κ2) is 6.24. The van der Waals surface area contributed by atoms with Crippen LogP contribution in [-0.4, -0.2) is 9.97 Å². The van der Waals surface area contributed by atoms with Gasteiger partial charge in [-0.1, -0.05) is 6.07 Å². The number of nitrogens with two attached hydrogens (primary N) is 1. The standard InChI is InChI=1S/C15H18BrN3S/c1-8-10(3)18-15(19-11(8)4)20-14-6-5-12(9(2)17)7-13(14)16/h5-7,9H,17H2,1-4H3/t9-/m1/s1. The first kappa shape index (κ1) is 15.5.